The summed E-state index contributed by atoms with van der Waals surface area (Å²) in [5.41, 5.74) is 3.55. The summed E-state index contributed by atoms with van der Waals surface area (Å²) in [6, 6.07) is 10.1. The zero-order valence-electron chi connectivity index (χ0n) is 6.25. The molecule has 1 aromatic carbocycles. The van der Waals surface area contributed by atoms with Crippen LogP contribution in [0.15, 0.2) is 30.3 Å². The van der Waals surface area contributed by atoms with Gasteiger partial charge in [-0.1, -0.05) is 30.3 Å². The van der Waals surface area contributed by atoms with Crippen LogP contribution in [0.1, 0.15) is 12.0 Å². The normalized spacial score (nSPS) is 9.91. The molecule has 0 bridgehead atoms. The molecule has 0 fully saturated rings. The van der Waals surface area contributed by atoms with Gasteiger partial charge in [-0.2, -0.15) is 0 Å². The average molecular weight is 147 g/mol. The van der Waals surface area contributed by atoms with E-state index in [0.717, 1.165) is 6.42 Å². The summed E-state index contributed by atoms with van der Waals surface area (Å²) in [7, 11) is 0. The second kappa shape index (κ2) is 4.88. The molecule has 2 nitrogen and oxygen atoms in total. The zero-order chi connectivity index (χ0) is 7.94. The van der Waals surface area contributed by atoms with Crippen LogP contribution >= 0.6 is 0 Å². The molecule has 1 aromatic rings. The maximum atomic E-state index is 5.01. The molecule has 0 aliphatic carbocycles. The fraction of sp³-hybridized carbons (Fsp3) is 0.111. The lowest BCUT2D eigenvalue weighted by Crippen LogP contribution is -2.17. The van der Waals surface area contributed by atoms with Gasteiger partial charge in [0, 0.05) is 0 Å². The molecule has 0 aliphatic rings. The minimum absolute atomic E-state index is 0.723. The van der Waals surface area contributed by atoms with Crippen molar-refractivity contribution < 1.29 is 0 Å². The minimum Gasteiger partial charge on any atom is -0.271 e. The number of nitrogens with two attached hydrogens (primary N) is 1. The van der Waals surface area contributed by atoms with E-state index in [4.69, 9.17) is 5.84 Å². The predicted octanol–water partition coefficient (Wildman–Crippen LogP) is 1.13. The second-order valence-corrected chi connectivity index (χ2v) is 2.14. The van der Waals surface area contributed by atoms with Gasteiger partial charge < -0.3 is 0 Å². The van der Waals surface area contributed by atoms with Gasteiger partial charge in [0.05, 0.1) is 6.54 Å². The van der Waals surface area contributed by atoms with Crippen molar-refractivity contribution in [3.8, 4) is 0 Å². The summed E-state index contributed by atoms with van der Waals surface area (Å²) in [6.45, 7) is 2.77. The van der Waals surface area contributed by atoms with E-state index in [0.29, 0.717) is 0 Å². The first-order chi connectivity index (χ1) is 5.43. The highest BCUT2D eigenvalue weighted by Gasteiger charge is 1.90. The molecule has 0 aromatic heterocycles. The quantitative estimate of drug-likeness (QED) is 0.290. The van der Waals surface area contributed by atoms with Gasteiger partial charge in [0.1, 0.15) is 0 Å². The SMILES string of the molecule is NN[C]C[CH]c1ccccc1. The van der Waals surface area contributed by atoms with Crippen molar-refractivity contribution in [2.24, 2.45) is 5.84 Å². The van der Waals surface area contributed by atoms with Crippen LogP contribution in [0.25, 0.3) is 0 Å². The lowest BCUT2D eigenvalue weighted by molar-refractivity contribution is 0.830. The van der Waals surface area contributed by atoms with Crippen molar-refractivity contribution >= 4 is 0 Å². The molecule has 57 valence electrons. The van der Waals surface area contributed by atoms with Crippen LogP contribution in [0.3, 0.4) is 0 Å². The predicted molar refractivity (Wildman–Crippen MR) is 45.0 cm³/mol. The van der Waals surface area contributed by atoms with Crippen molar-refractivity contribution in [3.05, 3.63) is 48.9 Å². The second-order valence-electron chi connectivity index (χ2n) is 2.14. The molecule has 3 N–H and O–H groups in total. The maximum absolute atomic E-state index is 5.01. The Balaban J connectivity index is 2.28. The van der Waals surface area contributed by atoms with E-state index in [2.05, 4.69) is 12.0 Å². The van der Waals surface area contributed by atoms with Crippen LogP contribution in [0, 0.1) is 13.0 Å². The third kappa shape index (κ3) is 3.16. The number of benzene rings is 1. The van der Waals surface area contributed by atoms with Crippen molar-refractivity contribution in [3.63, 3.8) is 0 Å². The topological polar surface area (TPSA) is 38.0 Å². The molecule has 0 atom stereocenters. The highest BCUT2D eigenvalue weighted by atomic mass is 15.2. The Kier molecular flexibility index (Phi) is 3.65. The molecular weight excluding hydrogens is 136 g/mol. The number of nitrogens with one attached hydrogen (secondary N) is 1. The Morgan fingerprint density at radius 2 is 2.09 bits per heavy atom. The summed E-state index contributed by atoms with van der Waals surface area (Å²) in [6.07, 6.45) is 2.76. The van der Waals surface area contributed by atoms with Crippen LogP contribution in [-0.4, -0.2) is 0 Å². The largest absolute Gasteiger partial charge is 0.271 e. The van der Waals surface area contributed by atoms with Crippen molar-refractivity contribution in [2.45, 2.75) is 6.42 Å². The third-order valence-corrected chi connectivity index (χ3v) is 1.34. The van der Waals surface area contributed by atoms with E-state index in [-0.39, 0.29) is 0 Å². The average Bonchev–Trinajstić information content (AvgIpc) is 2.07. The highest BCUT2D eigenvalue weighted by Crippen LogP contribution is 2.04. The Hall–Kier alpha value is -0.860. The fourth-order valence-electron chi connectivity index (χ4n) is 0.817. The standard InChI is InChI=1S/C9H11N2/c10-11-8-4-7-9-5-2-1-3-6-9/h1-3,5-7,11H,4,10H2. The van der Waals surface area contributed by atoms with Gasteiger partial charge in [-0.15, -0.1) is 0 Å². The van der Waals surface area contributed by atoms with Crippen molar-refractivity contribution in [2.75, 3.05) is 0 Å². The highest BCUT2D eigenvalue weighted by molar-refractivity contribution is 5.22. The van der Waals surface area contributed by atoms with Crippen LogP contribution in [-0.2, 0) is 0 Å². The summed E-state index contributed by atoms with van der Waals surface area (Å²) < 4.78 is 0. The van der Waals surface area contributed by atoms with Gasteiger partial charge in [0.15, 0.2) is 0 Å². The monoisotopic (exact) mass is 147 g/mol. The number of hydrogen-bond acceptors (Lipinski definition) is 2. The first-order valence-electron chi connectivity index (χ1n) is 3.50. The van der Waals surface area contributed by atoms with Gasteiger partial charge in [0.25, 0.3) is 0 Å². The lowest BCUT2D eigenvalue weighted by Gasteiger charge is -1.97. The van der Waals surface area contributed by atoms with Crippen molar-refractivity contribution in [1.82, 2.24) is 5.43 Å². The van der Waals surface area contributed by atoms with Crippen LogP contribution in [0.5, 0.6) is 0 Å². The van der Waals surface area contributed by atoms with Gasteiger partial charge in [-0.3, -0.25) is 11.3 Å². The molecule has 0 amide bonds. The third-order valence-electron chi connectivity index (χ3n) is 1.34. The van der Waals surface area contributed by atoms with Crippen LogP contribution in [0.4, 0.5) is 0 Å². The summed E-state index contributed by atoms with van der Waals surface area (Å²) in [5.74, 6) is 5.01. The summed E-state index contributed by atoms with van der Waals surface area (Å²) in [4.78, 5) is 0. The number of hydrazine groups is 1. The molecule has 3 radical (unpaired) electrons. The Morgan fingerprint density at radius 3 is 2.73 bits per heavy atom. The van der Waals surface area contributed by atoms with Crippen molar-refractivity contribution in [1.29, 1.82) is 0 Å². The van der Waals surface area contributed by atoms with Gasteiger partial charge in [0.2, 0.25) is 0 Å². The summed E-state index contributed by atoms with van der Waals surface area (Å²) >= 11 is 0. The first kappa shape index (κ1) is 8.24. The molecule has 0 spiro atoms. The maximum Gasteiger partial charge on any atom is 0.0754 e. The first-order valence-corrected chi connectivity index (χ1v) is 3.50. The number of hydrogen-bond donors (Lipinski definition) is 2. The van der Waals surface area contributed by atoms with E-state index in [1.807, 2.05) is 36.8 Å². The lowest BCUT2D eigenvalue weighted by atomic mass is 10.1. The Labute approximate surface area is 67.4 Å². The summed E-state index contributed by atoms with van der Waals surface area (Å²) in [5, 5.41) is 0. The fourth-order valence-corrected chi connectivity index (χ4v) is 0.817. The molecule has 0 aliphatic heterocycles. The smallest absolute Gasteiger partial charge is 0.0754 e. The molecule has 0 saturated heterocycles. The molecular formula is C9H11N2. The Bertz CT molecular complexity index is 184. The Morgan fingerprint density at radius 1 is 1.36 bits per heavy atom. The molecule has 0 unspecified atom stereocenters. The minimum atomic E-state index is 0.723. The molecule has 1 rings (SSSR count). The van der Waals surface area contributed by atoms with Gasteiger partial charge in [-0.25, -0.2) is 0 Å². The van der Waals surface area contributed by atoms with Crippen LogP contribution < -0.4 is 11.3 Å². The van der Waals surface area contributed by atoms with E-state index in [9.17, 15) is 0 Å². The van der Waals surface area contributed by atoms with E-state index >= 15 is 0 Å². The van der Waals surface area contributed by atoms with E-state index in [1.165, 1.54) is 5.56 Å². The number of rotatable bonds is 4. The van der Waals surface area contributed by atoms with Gasteiger partial charge in [-0.05, 0) is 18.4 Å². The molecule has 2 heteroatoms. The van der Waals surface area contributed by atoms with Crippen LogP contribution in [0.2, 0.25) is 0 Å². The van der Waals surface area contributed by atoms with E-state index in [1.54, 1.807) is 0 Å². The van der Waals surface area contributed by atoms with E-state index < -0.39 is 0 Å². The molecule has 0 heterocycles. The zero-order valence-corrected chi connectivity index (χ0v) is 6.25. The molecule has 11 heavy (non-hydrogen) atoms. The van der Waals surface area contributed by atoms with Gasteiger partial charge >= 0.3 is 0 Å². The molecule has 0 saturated carbocycles.